The third-order valence-electron chi connectivity index (χ3n) is 3.53. The van der Waals surface area contributed by atoms with Crippen LogP contribution in [-0.2, 0) is 4.79 Å². The highest BCUT2D eigenvalue weighted by molar-refractivity contribution is 8.00. The van der Waals surface area contributed by atoms with E-state index in [4.69, 9.17) is 15.2 Å². The molecule has 10 heteroatoms. The van der Waals surface area contributed by atoms with Gasteiger partial charge in [-0.1, -0.05) is 6.07 Å². The van der Waals surface area contributed by atoms with Gasteiger partial charge in [0.15, 0.2) is 0 Å². The van der Waals surface area contributed by atoms with Gasteiger partial charge in [0.05, 0.1) is 29.2 Å². The minimum Gasteiger partial charge on any atom is -0.497 e. The average molecular weight is 405 g/mol. The first kappa shape index (κ1) is 21.0. The molecule has 0 spiro atoms. The quantitative estimate of drug-likeness (QED) is 0.267. The first-order valence-corrected chi connectivity index (χ1v) is 9.14. The number of benzene rings is 2. The Morgan fingerprint density at radius 3 is 2.64 bits per heavy atom. The van der Waals surface area contributed by atoms with Crippen molar-refractivity contribution >= 4 is 29.3 Å². The van der Waals surface area contributed by atoms with E-state index in [0.717, 1.165) is 17.8 Å². The van der Waals surface area contributed by atoms with Crippen LogP contribution in [0.2, 0.25) is 0 Å². The third kappa shape index (κ3) is 6.16. The molecule has 9 nitrogen and oxygen atoms in total. The molecule has 2 amide bonds. The Bertz CT molecular complexity index is 874. The highest BCUT2D eigenvalue weighted by atomic mass is 32.2. The molecule has 0 aliphatic rings. The smallest absolute Gasteiger partial charge is 0.283 e. The second-order valence-corrected chi connectivity index (χ2v) is 6.49. The van der Waals surface area contributed by atoms with Crippen LogP contribution in [0.3, 0.4) is 0 Å². The van der Waals surface area contributed by atoms with Crippen LogP contribution in [0, 0.1) is 10.1 Å². The van der Waals surface area contributed by atoms with E-state index in [1.165, 1.54) is 12.1 Å². The lowest BCUT2D eigenvalue weighted by Gasteiger charge is -2.09. The minimum atomic E-state index is -0.756. The number of nitrogens with zero attached hydrogens (tertiary/aromatic N) is 1. The van der Waals surface area contributed by atoms with E-state index < -0.39 is 10.8 Å². The van der Waals surface area contributed by atoms with Crippen LogP contribution >= 0.6 is 11.8 Å². The molecule has 0 radical (unpaired) electrons. The molecule has 0 aliphatic carbocycles. The van der Waals surface area contributed by atoms with Crippen molar-refractivity contribution in [3.8, 4) is 11.5 Å². The molecule has 2 aromatic rings. The van der Waals surface area contributed by atoms with E-state index in [-0.39, 0.29) is 41.0 Å². The van der Waals surface area contributed by atoms with Gasteiger partial charge in [-0.05, 0) is 24.3 Å². The van der Waals surface area contributed by atoms with Gasteiger partial charge in [-0.15, -0.1) is 11.8 Å². The number of hydrogen-bond acceptors (Lipinski definition) is 7. The number of hydrogen-bond donors (Lipinski definition) is 2. The number of methoxy groups -OCH3 is 1. The molecule has 0 saturated carbocycles. The van der Waals surface area contributed by atoms with Gasteiger partial charge in [0.1, 0.15) is 18.1 Å². The van der Waals surface area contributed by atoms with Crippen molar-refractivity contribution in [3.05, 3.63) is 58.1 Å². The zero-order chi connectivity index (χ0) is 20.5. The van der Waals surface area contributed by atoms with Crippen molar-refractivity contribution in [1.29, 1.82) is 0 Å². The number of rotatable bonds is 10. The number of nitro benzene ring substituents is 1. The summed E-state index contributed by atoms with van der Waals surface area (Å²) >= 11 is 1.00. The van der Waals surface area contributed by atoms with Crippen LogP contribution in [0.15, 0.2) is 47.4 Å². The zero-order valence-electron chi connectivity index (χ0n) is 15.0. The van der Waals surface area contributed by atoms with Crippen LogP contribution in [0.4, 0.5) is 5.69 Å². The summed E-state index contributed by atoms with van der Waals surface area (Å²) in [5.74, 6) is 0.214. The van der Waals surface area contributed by atoms with E-state index >= 15 is 0 Å². The van der Waals surface area contributed by atoms with Crippen LogP contribution in [0.1, 0.15) is 10.4 Å². The fraction of sp³-hybridized carbons (Fsp3) is 0.222. The molecule has 28 heavy (non-hydrogen) atoms. The third-order valence-corrected chi connectivity index (χ3v) is 4.60. The predicted octanol–water partition coefficient (Wildman–Crippen LogP) is 1.99. The van der Waals surface area contributed by atoms with E-state index in [0.29, 0.717) is 11.5 Å². The van der Waals surface area contributed by atoms with Crippen molar-refractivity contribution in [2.24, 2.45) is 5.73 Å². The van der Waals surface area contributed by atoms with Gasteiger partial charge in [0.25, 0.3) is 5.69 Å². The van der Waals surface area contributed by atoms with E-state index in [1.807, 2.05) is 0 Å². The maximum atomic E-state index is 11.9. The molecular weight excluding hydrogens is 386 g/mol. The molecule has 0 heterocycles. The highest BCUT2D eigenvalue weighted by Crippen LogP contribution is 2.29. The van der Waals surface area contributed by atoms with Crippen LogP contribution in [-0.4, -0.2) is 42.8 Å². The fourth-order valence-electron chi connectivity index (χ4n) is 2.18. The summed E-state index contributed by atoms with van der Waals surface area (Å²) in [5.41, 5.74) is 4.90. The number of thioether (sulfide) groups is 1. The summed E-state index contributed by atoms with van der Waals surface area (Å²) in [5, 5.41) is 13.8. The first-order chi connectivity index (χ1) is 13.4. The van der Waals surface area contributed by atoms with Crippen molar-refractivity contribution in [3.63, 3.8) is 0 Å². The van der Waals surface area contributed by atoms with Gasteiger partial charge in [0, 0.05) is 17.7 Å². The molecule has 2 aromatic carbocycles. The molecule has 0 aliphatic heterocycles. The van der Waals surface area contributed by atoms with Crippen molar-refractivity contribution in [1.82, 2.24) is 5.32 Å². The van der Waals surface area contributed by atoms with Gasteiger partial charge in [-0.25, -0.2) is 0 Å². The lowest BCUT2D eigenvalue weighted by Crippen LogP contribution is -2.29. The van der Waals surface area contributed by atoms with Crippen molar-refractivity contribution in [2.75, 3.05) is 26.0 Å². The average Bonchev–Trinajstić information content (AvgIpc) is 2.69. The Morgan fingerprint density at radius 2 is 1.96 bits per heavy atom. The van der Waals surface area contributed by atoms with E-state index in [1.54, 1.807) is 31.4 Å². The summed E-state index contributed by atoms with van der Waals surface area (Å²) < 4.78 is 10.6. The molecule has 148 valence electrons. The number of carbonyl (C=O) groups is 2. The molecular formula is C18H19N3O6S. The number of nitrogens with two attached hydrogens (primary N) is 1. The van der Waals surface area contributed by atoms with Crippen LogP contribution in [0.5, 0.6) is 11.5 Å². The highest BCUT2D eigenvalue weighted by Gasteiger charge is 2.17. The second kappa shape index (κ2) is 10.2. The standard InChI is InChI=1S/C18H19N3O6S/c1-26-13-3-2-4-14(10-13)27-8-7-20-17(22)11-28-16-6-5-12(18(19)23)9-15(16)21(24)25/h2-6,9-10H,7-8,11H2,1H3,(H2,19,23)(H,20,22). The summed E-state index contributed by atoms with van der Waals surface area (Å²) in [7, 11) is 1.56. The summed E-state index contributed by atoms with van der Waals surface area (Å²) in [6, 6.07) is 11.0. The zero-order valence-corrected chi connectivity index (χ0v) is 15.9. The number of nitrogens with one attached hydrogen (secondary N) is 1. The molecule has 0 bridgehead atoms. The summed E-state index contributed by atoms with van der Waals surface area (Å²) in [6.07, 6.45) is 0. The summed E-state index contributed by atoms with van der Waals surface area (Å²) in [4.78, 5) is 33.9. The number of primary amides is 1. The van der Waals surface area contributed by atoms with Gasteiger partial charge in [-0.3, -0.25) is 19.7 Å². The number of nitro groups is 1. The Kier molecular flexibility index (Phi) is 7.64. The lowest BCUT2D eigenvalue weighted by molar-refractivity contribution is -0.387. The molecule has 0 atom stereocenters. The maximum Gasteiger partial charge on any atom is 0.283 e. The Labute approximate surface area is 165 Å². The van der Waals surface area contributed by atoms with E-state index in [2.05, 4.69) is 5.32 Å². The largest absolute Gasteiger partial charge is 0.497 e. The lowest BCUT2D eigenvalue weighted by atomic mass is 10.2. The number of amides is 2. The van der Waals surface area contributed by atoms with Gasteiger partial charge < -0.3 is 20.5 Å². The number of carbonyl (C=O) groups excluding carboxylic acids is 2. The summed E-state index contributed by atoms with van der Waals surface area (Å²) in [6.45, 7) is 0.538. The minimum absolute atomic E-state index is 0.0179. The Hall–Kier alpha value is -3.27. The molecule has 0 saturated heterocycles. The first-order valence-electron chi connectivity index (χ1n) is 8.15. The van der Waals surface area contributed by atoms with Crippen molar-refractivity contribution < 1.29 is 24.0 Å². The van der Waals surface area contributed by atoms with Crippen molar-refractivity contribution in [2.45, 2.75) is 4.90 Å². The van der Waals surface area contributed by atoms with Gasteiger partial charge in [-0.2, -0.15) is 0 Å². The van der Waals surface area contributed by atoms with Crippen LogP contribution in [0.25, 0.3) is 0 Å². The number of ether oxygens (including phenoxy) is 2. The SMILES string of the molecule is COc1cccc(OCCNC(=O)CSc2ccc(C(N)=O)cc2[N+](=O)[O-])c1. The normalized spacial score (nSPS) is 10.2. The van der Waals surface area contributed by atoms with E-state index in [9.17, 15) is 19.7 Å². The predicted molar refractivity (Wildman–Crippen MR) is 104 cm³/mol. The topological polar surface area (TPSA) is 134 Å². The Morgan fingerprint density at radius 1 is 1.21 bits per heavy atom. The molecule has 0 fully saturated rings. The monoisotopic (exact) mass is 405 g/mol. The van der Waals surface area contributed by atoms with Gasteiger partial charge >= 0.3 is 0 Å². The molecule has 2 rings (SSSR count). The fourth-order valence-corrected chi connectivity index (χ4v) is 3.01. The molecule has 0 unspecified atom stereocenters. The van der Waals surface area contributed by atoms with Gasteiger partial charge in [0.2, 0.25) is 11.8 Å². The Balaban J connectivity index is 1.80. The van der Waals surface area contributed by atoms with Crippen LogP contribution < -0.4 is 20.5 Å². The molecule has 3 N–H and O–H groups in total. The maximum absolute atomic E-state index is 11.9. The second-order valence-electron chi connectivity index (χ2n) is 5.47. The molecule has 0 aromatic heterocycles.